The van der Waals surface area contributed by atoms with Crippen LogP contribution in [0.4, 0.5) is 0 Å². The third-order valence-corrected chi connectivity index (χ3v) is 4.31. The summed E-state index contributed by atoms with van der Waals surface area (Å²) in [5.74, 6) is -0.667. The summed E-state index contributed by atoms with van der Waals surface area (Å²) in [5, 5.41) is 2.78. The van der Waals surface area contributed by atoms with Gasteiger partial charge in [0.2, 0.25) is 11.8 Å². The largest absolute Gasteiger partial charge is 0.465 e. The molecule has 1 aromatic rings. The van der Waals surface area contributed by atoms with Gasteiger partial charge in [0.25, 0.3) is 0 Å². The highest BCUT2D eigenvalue weighted by molar-refractivity contribution is 6.02. The standard InChI is InChI=1S/C15H16N2O4/c1-17-12(18)11(16-14(20)15(17)7-8-15)9-3-5-10(6-4-9)13(19)21-2/h3-6,11H,7-8H2,1-2H3,(H,16,20). The van der Waals surface area contributed by atoms with Crippen molar-refractivity contribution in [2.24, 2.45) is 0 Å². The van der Waals surface area contributed by atoms with Crippen LogP contribution in [0.3, 0.4) is 0 Å². The molecule has 1 aliphatic carbocycles. The number of carbonyl (C=O) groups excluding carboxylic acids is 3. The number of carbonyl (C=O) groups is 3. The molecule has 6 heteroatoms. The first-order valence-corrected chi connectivity index (χ1v) is 6.76. The Morgan fingerprint density at radius 3 is 2.43 bits per heavy atom. The highest BCUT2D eigenvalue weighted by Crippen LogP contribution is 2.45. The highest BCUT2D eigenvalue weighted by Gasteiger charge is 2.59. The van der Waals surface area contributed by atoms with Gasteiger partial charge in [0.1, 0.15) is 11.6 Å². The van der Waals surface area contributed by atoms with Crippen molar-refractivity contribution in [1.82, 2.24) is 10.2 Å². The van der Waals surface area contributed by atoms with Crippen LogP contribution in [-0.4, -0.2) is 42.4 Å². The number of hydrogen-bond donors (Lipinski definition) is 1. The number of likely N-dealkylation sites (N-methyl/N-ethyl adjacent to an activating group) is 1. The molecule has 1 N–H and O–H groups in total. The Hall–Kier alpha value is -2.37. The summed E-state index contributed by atoms with van der Waals surface area (Å²) in [5.41, 5.74) is 0.436. The van der Waals surface area contributed by atoms with E-state index in [9.17, 15) is 14.4 Å². The summed E-state index contributed by atoms with van der Waals surface area (Å²) in [6.07, 6.45) is 1.43. The zero-order chi connectivity index (χ0) is 15.2. The number of methoxy groups -OCH3 is 1. The van der Waals surface area contributed by atoms with Crippen LogP contribution in [0.2, 0.25) is 0 Å². The van der Waals surface area contributed by atoms with Crippen molar-refractivity contribution in [3.05, 3.63) is 35.4 Å². The van der Waals surface area contributed by atoms with Gasteiger partial charge in [0.15, 0.2) is 0 Å². The number of piperazine rings is 1. The van der Waals surface area contributed by atoms with Gasteiger partial charge in [-0.1, -0.05) is 12.1 Å². The van der Waals surface area contributed by atoms with E-state index in [1.807, 2.05) is 0 Å². The predicted octanol–water partition coefficient (Wildman–Crippen LogP) is 0.635. The number of hydrogen-bond acceptors (Lipinski definition) is 4. The third kappa shape index (κ3) is 1.98. The van der Waals surface area contributed by atoms with E-state index in [2.05, 4.69) is 10.1 Å². The number of esters is 1. The monoisotopic (exact) mass is 288 g/mol. The Morgan fingerprint density at radius 2 is 1.90 bits per heavy atom. The summed E-state index contributed by atoms with van der Waals surface area (Å²) >= 11 is 0. The molecule has 2 aliphatic rings. The lowest BCUT2D eigenvalue weighted by molar-refractivity contribution is -0.149. The lowest BCUT2D eigenvalue weighted by Crippen LogP contribution is -2.59. The first kappa shape index (κ1) is 13.6. The molecule has 1 heterocycles. The summed E-state index contributed by atoms with van der Waals surface area (Å²) < 4.78 is 4.63. The van der Waals surface area contributed by atoms with Gasteiger partial charge < -0.3 is 15.0 Å². The zero-order valence-corrected chi connectivity index (χ0v) is 11.9. The van der Waals surface area contributed by atoms with Crippen LogP contribution < -0.4 is 5.32 Å². The average molecular weight is 288 g/mol. The fourth-order valence-electron chi connectivity index (χ4n) is 2.72. The molecule has 2 fully saturated rings. The van der Waals surface area contributed by atoms with Crippen molar-refractivity contribution in [1.29, 1.82) is 0 Å². The van der Waals surface area contributed by atoms with Gasteiger partial charge >= 0.3 is 5.97 Å². The predicted molar refractivity (Wildman–Crippen MR) is 73.4 cm³/mol. The molecular weight excluding hydrogens is 272 g/mol. The Balaban J connectivity index is 1.85. The number of nitrogens with zero attached hydrogens (tertiary/aromatic N) is 1. The van der Waals surface area contributed by atoms with E-state index in [-0.39, 0.29) is 11.8 Å². The van der Waals surface area contributed by atoms with Crippen LogP contribution in [0.25, 0.3) is 0 Å². The van der Waals surface area contributed by atoms with Gasteiger partial charge in [-0.3, -0.25) is 9.59 Å². The molecule has 2 amide bonds. The third-order valence-electron chi connectivity index (χ3n) is 4.31. The number of nitrogens with one attached hydrogen (secondary N) is 1. The minimum Gasteiger partial charge on any atom is -0.465 e. The average Bonchev–Trinajstić information content (AvgIpc) is 3.30. The van der Waals surface area contributed by atoms with Crippen LogP contribution >= 0.6 is 0 Å². The van der Waals surface area contributed by atoms with Crippen LogP contribution in [0.5, 0.6) is 0 Å². The Bertz CT molecular complexity index is 619. The fraction of sp³-hybridized carbons (Fsp3) is 0.400. The van der Waals surface area contributed by atoms with E-state index in [1.165, 1.54) is 7.11 Å². The number of ether oxygens (including phenoxy) is 1. The smallest absolute Gasteiger partial charge is 0.337 e. The Labute approximate surface area is 122 Å². The van der Waals surface area contributed by atoms with Crippen molar-refractivity contribution in [2.75, 3.05) is 14.2 Å². The summed E-state index contributed by atoms with van der Waals surface area (Å²) in [4.78, 5) is 37.5. The van der Waals surface area contributed by atoms with Crippen molar-refractivity contribution < 1.29 is 19.1 Å². The van der Waals surface area contributed by atoms with E-state index in [0.717, 1.165) is 12.8 Å². The molecule has 1 aliphatic heterocycles. The van der Waals surface area contributed by atoms with Gasteiger partial charge in [0.05, 0.1) is 12.7 Å². The second-order valence-corrected chi connectivity index (χ2v) is 5.45. The van der Waals surface area contributed by atoms with E-state index >= 15 is 0 Å². The van der Waals surface area contributed by atoms with E-state index in [1.54, 1.807) is 36.2 Å². The lowest BCUT2D eigenvalue weighted by Gasteiger charge is -2.37. The summed E-state index contributed by atoms with van der Waals surface area (Å²) in [7, 11) is 2.98. The topological polar surface area (TPSA) is 75.7 Å². The van der Waals surface area contributed by atoms with Gasteiger partial charge in [-0.25, -0.2) is 4.79 Å². The molecule has 1 spiro atoms. The zero-order valence-electron chi connectivity index (χ0n) is 11.9. The first-order chi connectivity index (χ1) is 9.99. The number of rotatable bonds is 2. The van der Waals surface area contributed by atoms with Gasteiger partial charge in [-0.15, -0.1) is 0 Å². The molecule has 0 bridgehead atoms. The van der Waals surface area contributed by atoms with Crippen molar-refractivity contribution in [2.45, 2.75) is 24.4 Å². The molecule has 1 saturated heterocycles. The Kier molecular flexibility index (Phi) is 2.97. The molecule has 1 unspecified atom stereocenters. The normalized spacial score (nSPS) is 23.0. The highest BCUT2D eigenvalue weighted by atomic mass is 16.5. The van der Waals surface area contributed by atoms with Crippen molar-refractivity contribution >= 4 is 17.8 Å². The maximum atomic E-state index is 12.4. The van der Waals surface area contributed by atoms with E-state index in [4.69, 9.17) is 0 Å². The number of amides is 2. The fourth-order valence-corrected chi connectivity index (χ4v) is 2.72. The maximum Gasteiger partial charge on any atom is 0.337 e. The summed E-state index contributed by atoms with van der Waals surface area (Å²) in [6.45, 7) is 0. The molecule has 1 atom stereocenters. The van der Waals surface area contributed by atoms with Gasteiger partial charge in [-0.05, 0) is 30.5 Å². The van der Waals surface area contributed by atoms with Crippen LogP contribution in [0, 0.1) is 0 Å². The maximum absolute atomic E-state index is 12.4. The van der Waals surface area contributed by atoms with Crippen LogP contribution in [0.15, 0.2) is 24.3 Å². The van der Waals surface area contributed by atoms with Gasteiger partial charge in [0, 0.05) is 7.05 Å². The quantitative estimate of drug-likeness (QED) is 0.810. The molecule has 0 radical (unpaired) electrons. The molecule has 0 aromatic heterocycles. The molecule has 21 heavy (non-hydrogen) atoms. The molecule has 1 aromatic carbocycles. The second-order valence-electron chi connectivity index (χ2n) is 5.45. The summed E-state index contributed by atoms with van der Waals surface area (Å²) in [6, 6.07) is 5.80. The van der Waals surface area contributed by atoms with E-state index < -0.39 is 17.6 Å². The van der Waals surface area contributed by atoms with Crippen LogP contribution in [-0.2, 0) is 14.3 Å². The SMILES string of the molecule is COC(=O)c1ccc(C2NC(=O)C3(CC3)N(C)C2=O)cc1. The lowest BCUT2D eigenvalue weighted by atomic mass is 9.99. The molecule has 110 valence electrons. The Morgan fingerprint density at radius 1 is 1.29 bits per heavy atom. The molecular formula is C15H16N2O4. The van der Waals surface area contributed by atoms with Crippen molar-refractivity contribution in [3.63, 3.8) is 0 Å². The minimum absolute atomic E-state index is 0.105. The second kappa shape index (κ2) is 4.58. The molecule has 3 rings (SSSR count). The first-order valence-electron chi connectivity index (χ1n) is 6.76. The van der Waals surface area contributed by atoms with Gasteiger partial charge in [-0.2, -0.15) is 0 Å². The van der Waals surface area contributed by atoms with Crippen LogP contribution in [0.1, 0.15) is 34.8 Å². The number of benzene rings is 1. The minimum atomic E-state index is -0.694. The van der Waals surface area contributed by atoms with Crippen molar-refractivity contribution in [3.8, 4) is 0 Å². The molecule has 6 nitrogen and oxygen atoms in total. The van der Waals surface area contributed by atoms with E-state index in [0.29, 0.717) is 11.1 Å². The molecule has 1 saturated carbocycles.